The molecular weight excluding hydrogens is 358 g/mol. The third-order valence-corrected chi connectivity index (χ3v) is 6.59. The molecule has 0 aromatic heterocycles. The predicted octanol–water partition coefficient (Wildman–Crippen LogP) is 6.26. The molecule has 154 valence electrons. The van der Waals surface area contributed by atoms with E-state index in [1.54, 1.807) is 6.08 Å². The second-order valence-corrected chi connectivity index (χ2v) is 8.49. The summed E-state index contributed by atoms with van der Waals surface area (Å²) in [4.78, 5) is 12.6. The quantitative estimate of drug-likeness (QED) is 0.327. The highest BCUT2D eigenvalue weighted by atomic mass is 16.5. The van der Waals surface area contributed by atoms with E-state index in [0.717, 1.165) is 57.8 Å². The van der Waals surface area contributed by atoms with E-state index < -0.39 is 0 Å². The number of rotatable bonds is 6. The van der Waals surface area contributed by atoms with Gasteiger partial charge in [-0.2, -0.15) is 5.26 Å². The van der Waals surface area contributed by atoms with Crippen molar-refractivity contribution in [3.8, 4) is 6.07 Å². The van der Waals surface area contributed by atoms with E-state index >= 15 is 0 Å². The Kier molecular flexibility index (Phi) is 8.11. The minimum Gasteiger partial charge on any atom is -0.462 e. The standard InChI is InChI=1S/C26H33NO2/c1-2-20-7-11-22(12-8-20)23-15-17-25(18-16-23)29-26(28)24-13-9-21(10-14-24)6-4-3-5-19-27/h3-8,11-12,21,23-25H,2,9-10,13-18H2,1H3. The number of esters is 1. The van der Waals surface area contributed by atoms with Crippen LogP contribution in [0.5, 0.6) is 0 Å². The van der Waals surface area contributed by atoms with Crippen LogP contribution in [0.1, 0.15) is 75.3 Å². The van der Waals surface area contributed by atoms with Crippen LogP contribution >= 0.6 is 0 Å². The van der Waals surface area contributed by atoms with Crippen LogP contribution in [0.3, 0.4) is 0 Å². The van der Waals surface area contributed by atoms with Gasteiger partial charge in [0.1, 0.15) is 6.10 Å². The smallest absolute Gasteiger partial charge is 0.309 e. The lowest BCUT2D eigenvalue weighted by Crippen LogP contribution is -2.29. The number of carbonyl (C=O) groups excluding carboxylic acids is 1. The summed E-state index contributed by atoms with van der Waals surface area (Å²) in [5.41, 5.74) is 2.82. The van der Waals surface area contributed by atoms with Gasteiger partial charge in [0.2, 0.25) is 0 Å². The molecule has 3 rings (SSSR count). The van der Waals surface area contributed by atoms with Gasteiger partial charge in [-0.05, 0) is 80.8 Å². The lowest BCUT2D eigenvalue weighted by Gasteiger charge is -2.31. The molecule has 0 heterocycles. The molecule has 0 saturated heterocycles. The van der Waals surface area contributed by atoms with Gasteiger partial charge in [-0.25, -0.2) is 0 Å². The molecule has 1 aromatic carbocycles. The van der Waals surface area contributed by atoms with E-state index in [-0.39, 0.29) is 18.0 Å². The summed E-state index contributed by atoms with van der Waals surface area (Å²) in [6.07, 6.45) is 16.6. The Morgan fingerprint density at radius 1 is 1.03 bits per heavy atom. The van der Waals surface area contributed by atoms with E-state index in [2.05, 4.69) is 37.3 Å². The first-order valence-corrected chi connectivity index (χ1v) is 11.2. The molecule has 3 heteroatoms. The lowest BCUT2D eigenvalue weighted by molar-refractivity contribution is -0.157. The van der Waals surface area contributed by atoms with Gasteiger partial charge < -0.3 is 4.74 Å². The highest BCUT2D eigenvalue weighted by Crippen LogP contribution is 2.36. The number of aryl methyl sites for hydroxylation is 1. The van der Waals surface area contributed by atoms with Crippen LogP contribution in [0.15, 0.2) is 48.6 Å². The summed E-state index contributed by atoms with van der Waals surface area (Å²) < 4.78 is 5.90. The van der Waals surface area contributed by atoms with Gasteiger partial charge in [0.05, 0.1) is 12.0 Å². The van der Waals surface area contributed by atoms with Crippen molar-refractivity contribution in [2.45, 2.75) is 76.7 Å². The maximum Gasteiger partial charge on any atom is 0.309 e. The molecule has 3 nitrogen and oxygen atoms in total. The largest absolute Gasteiger partial charge is 0.462 e. The van der Waals surface area contributed by atoms with Gasteiger partial charge in [0, 0.05) is 6.08 Å². The van der Waals surface area contributed by atoms with Crippen molar-refractivity contribution in [3.63, 3.8) is 0 Å². The molecular formula is C26H33NO2. The molecule has 0 bridgehead atoms. The first-order chi connectivity index (χ1) is 14.2. The zero-order valence-corrected chi connectivity index (χ0v) is 17.6. The Balaban J connectivity index is 1.39. The molecule has 0 N–H and O–H groups in total. The molecule has 0 spiro atoms. The number of hydrogen-bond donors (Lipinski definition) is 0. The second kappa shape index (κ2) is 11.0. The van der Waals surface area contributed by atoms with Crippen molar-refractivity contribution >= 4 is 5.97 Å². The third-order valence-electron chi connectivity index (χ3n) is 6.59. The number of hydrogen-bond acceptors (Lipinski definition) is 3. The van der Waals surface area contributed by atoms with E-state index in [4.69, 9.17) is 10.00 Å². The average molecular weight is 392 g/mol. The van der Waals surface area contributed by atoms with Gasteiger partial charge >= 0.3 is 5.97 Å². The zero-order valence-electron chi connectivity index (χ0n) is 17.6. The fraction of sp³-hybridized carbons (Fsp3) is 0.538. The fourth-order valence-electron chi connectivity index (χ4n) is 4.67. The summed E-state index contributed by atoms with van der Waals surface area (Å²) in [6, 6.07) is 11.0. The van der Waals surface area contributed by atoms with Crippen molar-refractivity contribution in [1.29, 1.82) is 5.26 Å². The van der Waals surface area contributed by atoms with E-state index in [0.29, 0.717) is 11.8 Å². The van der Waals surface area contributed by atoms with Crippen molar-refractivity contribution < 1.29 is 9.53 Å². The molecule has 2 saturated carbocycles. The Hall–Kier alpha value is -2.34. The van der Waals surface area contributed by atoms with Crippen LogP contribution in [-0.4, -0.2) is 12.1 Å². The molecule has 2 aliphatic carbocycles. The van der Waals surface area contributed by atoms with Crippen molar-refractivity contribution in [2.75, 3.05) is 0 Å². The maximum atomic E-state index is 12.6. The second-order valence-electron chi connectivity index (χ2n) is 8.49. The molecule has 29 heavy (non-hydrogen) atoms. The summed E-state index contributed by atoms with van der Waals surface area (Å²) in [5, 5.41) is 8.50. The van der Waals surface area contributed by atoms with Gasteiger partial charge in [0.25, 0.3) is 0 Å². The lowest BCUT2D eigenvalue weighted by atomic mass is 9.81. The Bertz CT molecular complexity index is 740. The number of nitriles is 1. The normalized spacial score (nSPS) is 27.7. The molecule has 0 aliphatic heterocycles. The first kappa shape index (κ1) is 21.4. The third kappa shape index (κ3) is 6.32. The minimum absolute atomic E-state index is 0.0209. The molecule has 0 amide bonds. The predicted molar refractivity (Wildman–Crippen MR) is 116 cm³/mol. The van der Waals surface area contributed by atoms with E-state index in [1.165, 1.54) is 17.2 Å². The average Bonchev–Trinajstić information content (AvgIpc) is 2.78. The van der Waals surface area contributed by atoms with Crippen molar-refractivity contribution in [3.05, 3.63) is 59.7 Å². The van der Waals surface area contributed by atoms with E-state index in [9.17, 15) is 4.79 Å². The topological polar surface area (TPSA) is 50.1 Å². The number of benzene rings is 1. The summed E-state index contributed by atoms with van der Waals surface area (Å²) in [7, 11) is 0. The van der Waals surface area contributed by atoms with Crippen LogP contribution in [-0.2, 0) is 16.0 Å². The van der Waals surface area contributed by atoms with Gasteiger partial charge in [-0.3, -0.25) is 4.79 Å². The molecule has 0 atom stereocenters. The van der Waals surface area contributed by atoms with Gasteiger partial charge in [-0.1, -0.05) is 49.4 Å². The number of nitrogens with zero attached hydrogens (tertiary/aromatic N) is 1. The number of allylic oxidation sites excluding steroid dienone is 4. The summed E-state index contributed by atoms with van der Waals surface area (Å²) in [6.45, 7) is 2.19. The van der Waals surface area contributed by atoms with Crippen LogP contribution in [0.25, 0.3) is 0 Å². The highest BCUT2D eigenvalue weighted by Gasteiger charge is 2.30. The Labute approximate surface area is 175 Å². The van der Waals surface area contributed by atoms with Crippen molar-refractivity contribution in [1.82, 2.24) is 0 Å². The van der Waals surface area contributed by atoms with Gasteiger partial charge in [0.15, 0.2) is 0 Å². The Morgan fingerprint density at radius 2 is 1.72 bits per heavy atom. The minimum atomic E-state index is 0.0209. The molecule has 0 unspecified atom stereocenters. The molecule has 2 aliphatic rings. The summed E-state index contributed by atoms with van der Waals surface area (Å²) in [5.74, 6) is 1.20. The monoisotopic (exact) mass is 391 g/mol. The molecule has 1 aromatic rings. The zero-order chi connectivity index (χ0) is 20.5. The number of ether oxygens (including phenoxy) is 1. The summed E-state index contributed by atoms with van der Waals surface area (Å²) >= 11 is 0. The first-order valence-electron chi connectivity index (χ1n) is 11.2. The van der Waals surface area contributed by atoms with Crippen LogP contribution in [0, 0.1) is 23.2 Å². The number of carbonyl (C=O) groups is 1. The van der Waals surface area contributed by atoms with Gasteiger partial charge in [-0.15, -0.1) is 0 Å². The Morgan fingerprint density at radius 3 is 2.34 bits per heavy atom. The van der Waals surface area contributed by atoms with Crippen LogP contribution < -0.4 is 0 Å². The molecule has 2 fully saturated rings. The SMILES string of the molecule is CCc1ccc(C2CCC(OC(=O)C3CCC(C=CC=CC#N)CC3)CC2)cc1. The van der Waals surface area contributed by atoms with Crippen LogP contribution in [0.2, 0.25) is 0 Å². The van der Waals surface area contributed by atoms with Crippen LogP contribution in [0.4, 0.5) is 0 Å². The maximum absolute atomic E-state index is 12.6. The van der Waals surface area contributed by atoms with Crippen molar-refractivity contribution in [2.24, 2.45) is 11.8 Å². The fourth-order valence-corrected chi connectivity index (χ4v) is 4.67. The highest BCUT2D eigenvalue weighted by molar-refractivity contribution is 5.72. The molecule has 0 radical (unpaired) electrons. The van der Waals surface area contributed by atoms with E-state index in [1.807, 2.05) is 12.1 Å².